The van der Waals surface area contributed by atoms with Crippen LogP contribution in [0.4, 0.5) is 0 Å². The molecule has 0 unspecified atom stereocenters. The number of esters is 1. The van der Waals surface area contributed by atoms with E-state index in [4.69, 9.17) is 4.74 Å². The normalized spacial score (nSPS) is 16.9. The molecule has 8 rings (SSSR count). The van der Waals surface area contributed by atoms with Crippen molar-refractivity contribution in [2.24, 2.45) is 0 Å². The first-order valence-corrected chi connectivity index (χ1v) is 21.8. The minimum absolute atomic E-state index is 0.160. The SMILES string of the molecule is O=C(Cc1ccccc1)N[C@@H]1C(=O)N2C(C(=O)OC(c3ccccc3)c3ccccc3)=C(C[PH](c3ccccc3)(c3ccccc3)c3ccccc3)CS[C@H]12. The average Bonchev–Trinajstić information content (AvgIpc) is 3.25. The van der Waals surface area contributed by atoms with Crippen LogP contribution in [-0.2, 0) is 25.5 Å². The van der Waals surface area contributed by atoms with Gasteiger partial charge in [-0.1, -0.05) is 6.07 Å². The van der Waals surface area contributed by atoms with E-state index in [2.05, 4.69) is 78.1 Å². The Morgan fingerprint density at radius 3 is 1.56 bits per heavy atom. The zero-order chi connectivity index (χ0) is 37.6. The maximum absolute atomic E-state index is 15.0. The number of benzene rings is 6. The predicted octanol–water partition coefficient (Wildman–Crippen LogP) is 6.94. The summed E-state index contributed by atoms with van der Waals surface area (Å²) in [6.07, 6.45) is 0.00668. The number of carbonyl (C=O) groups is 3. The molecule has 6 aromatic rings. The van der Waals surface area contributed by atoms with Gasteiger partial charge >= 0.3 is 322 Å². The Morgan fingerprint density at radius 2 is 1.09 bits per heavy atom. The third-order valence-corrected chi connectivity index (χ3v) is 16.7. The van der Waals surface area contributed by atoms with Crippen molar-refractivity contribution in [3.05, 3.63) is 210 Å². The van der Waals surface area contributed by atoms with Crippen molar-refractivity contribution in [2.75, 3.05) is 11.9 Å². The number of hydrogen-bond acceptors (Lipinski definition) is 5. The second-order valence-electron chi connectivity index (χ2n) is 13.9. The molecule has 0 aliphatic carbocycles. The van der Waals surface area contributed by atoms with E-state index in [1.54, 1.807) is 16.7 Å². The van der Waals surface area contributed by atoms with Crippen molar-refractivity contribution in [3.63, 3.8) is 0 Å². The number of rotatable bonds is 12. The molecule has 0 bridgehead atoms. The number of fused-ring (bicyclic) bond motifs is 1. The van der Waals surface area contributed by atoms with Gasteiger partial charge in [-0.2, -0.15) is 0 Å². The fourth-order valence-electron chi connectivity index (χ4n) is 7.85. The fraction of sp³-hybridized carbons (Fsp3) is 0.128. The van der Waals surface area contributed by atoms with Gasteiger partial charge in [0.25, 0.3) is 0 Å². The Morgan fingerprint density at radius 1 is 0.655 bits per heavy atom. The van der Waals surface area contributed by atoms with E-state index in [9.17, 15) is 9.59 Å². The van der Waals surface area contributed by atoms with Gasteiger partial charge in [0.15, 0.2) is 0 Å². The van der Waals surface area contributed by atoms with Crippen molar-refractivity contribution in [2.45, 2.75) is 23.9 Å². The molecule has 0 radical (unpaired) electrons. The summed E-state index contributed by atoms with van der Waals surface area (Å²) in [5.74, 6) is -0.615. The molecule has 2 heterocycles. The summed E-state index contributed by atoms with van der Waals surface area (Å²) in [5, 5.41) is 6.14. The molecular weight excluding hydrogens is 720 g/mol. The van der Waals surface area contributed by atoms with E-state index in [0.717, 1.165) is 22.3 Å². The van der Waals surface area contributed by atoms with Crippen LogP contribution in [-0.4, -0.2) is 46.0 Å². The number of β-lactam (4-membered cyclic amide) rings is 1. The van der Waals surface area contributed by atoms with Crippen LogP contribution in [0, 0.1) is 0 Å². The molecule has 6 nitrogen and oxygen atoms in total. The van der Waals surface area contributed by atoms with Gasteiger partial charge in [0.2, 0.25) is 0 Å². The van der Waals surface area contributed by atoms with Crippen molar-refractivity contribution in [1.29, 1.82) is 0 Å². The summed E-state index contributed by atoms with van der Waals surface area (Å²) in [4.78, 5) is 44.2. The Balaban J connectivity index is 1.23. The first-order valence-electron chi connectivity index (χ1n) is 18.5. The van der Waals surface area contributed by atoms with Crippen molar-refractivity contribution in [3.8, 4) is 0 Å². The van der Waals surface area contributed by atoms with Crippen LogP contribution < -0.4 is 21.2 Å². The molecule has 1 fully saturated rings. The molecule has 0 saturated carbocycles. The second-order valence-corrected chi connectivity index (χ2v) is 18.9. The number of ether oxygens (including phenoxy) is 1. The summed E-state index contributed by atoms with van der Waals surface area (Å²) >= 11 is 1.59. The quantitative estimate of drug-likeness (QED) is 0.0832. The average molecular weight is 761 g/mol. The topological polar surface area (TPSA) is 75.7 Å². The van der Waals surface area contributed by atoms with Gasteiger partial charge < -0.3 is 0 Å². The third kappa shape index (κ3) is 7.38. The molecule has 2 atom stereocenters. The fourth-order valence-corrected chi connectivity index (χ4v) is 14.2. The van der Waals surface area contributed by atoms with Crippen LogP contribution in [0.1, 0.15) is 22.8 Å². The van der Waals surface area contributed by atoms with Crippen LogP contribution in [0.3, 0.4) is 0 Å². The predicted molar refractivity (Wildman–Crippen MR) is 224 cm³/mol. The number of thioether (sulfide) groups is 1. The Bertz CT molecular complexity index is 2160. The molecule has 1 saturated heterocycles. The molecule has 2 aliphatic heterocycles. The monoisotopic (exact) mass is 760 g/mol. The Labute approximate surface area is 326 Å². The van der Waals surface area contributed by atoms with Gasteiger partial charge in [0.05, 0.1) is 0 Å². The molecule has 0 spiro atoms. The van der Waals surface area contributed by atoms with Crippen LogP contribution in [0.25, 0.3) is 0 Å². The van der Waals surface area contributed by atoms with E-state index in [-0.39, 0.29) is 23.9 Å². The van der Waals surface area contributed by atoms with Gasteiger partial charge in [0.1, 0.15) is 0 Å². The molecule has 2 amide bonds. The Kier molecular flexibility index (Phi) is 10.8. The molecule has 8 heteroatoms. The van der Waals surface area contributed by atoms with Gasteiger partial charge in [-0.15, -0.1) is 0 Å². The van der Waals surface area contributed by atoms with Gasteiger partial charge in [-0.3, -0.25) is 0 Å². The second kappa shape index (κ2) is 16.3. The number of amides is 2. The zero-order valence-electron chi connectivity index (χ0n) is 30.2. The van der Waals surface area contributed by atoms with Gasteiger partial charge in [0, 0.05) is 0 Å². The van der Waals surface area contributed by atoms with Crippen LogP contribution in [0.5, 0.6) is 0 Å². The summed E-state index contributed by atoms with van der Waals surface area (Å²) in [7, 11) is -2.89. The zero-order valence-corrected chi connectivity index (χ0v) is 32.0. The molecule has 2 aliphatic rings. The van der Waals surface area contributed by atoms with Crippen molar-refractivity contribution in [1.82, 2.24) is 10.2 Å². The number of nitrogens with one attached hydrogen (secondary N) is 1. The summed E-state index contributed by atoms with van der Waals surface area (Å²) in [6, 6.07) is 59.8. The van der Waals surface area contributed by atoms with Crippen LogP contribution >= 0.6 is 19.0 Å². The van der Waals surface area contributed by atoms with E-state index in [1.807, 2.05) is 109 Å². The summed E-state index contributed by atoms with van der Waals surface area (Å²) in [6.45, 7) is 0. The number of hydrogen-bond donors (Lipinski definition) is 1. The van der Waals surface area contributed by atoms with E-state index < -0.39 is 30.8 Å². The van der Waals surface area contributed by atoms with E-state index in [1.165, 1.54) is 15.9 Å². The minimum atomic E-state index is -2.89. The van der Waals surface area contributed by atoms with Crippen molar-refractivity contribution < 1.29 is 19.1 Å². The van der Waals surface area contributed by atoms with Crippen molar-refractivity contribution >= 4 is 52.7 Å². The van der Waals surface area contributed by atoms with E-state index in [0.29, 0.717) is 11.9 Å². The maximum atomic E-state index is 15.0. The molecular formula is C47H41N2O4PS. The first kappa shape index (κ1) is 36.2. The molecule has 55 heavy (non-hydrogen) atoms. The third-order valence-electron chi connectivity index (χ3n) is 10.5. The molecule has 6 aromatic carbocycles. The molecule has 0 aromatic heterocycles. The van der Waals surface area contributed by atoms with Crippen LogP contribution in [0.2, 0.25) is 0 Å². The summed E-state index contributed by atoms with van der Waals surface area (Å²) < 4.78 is 6.55. The Hall–Kier alpha value is -5.75. The number of nitrogens with zero attached hydrogens (tertiary/aromatic N) is 1. The summed E-state index contributed by atoms with van der Waals surface area (Å²) in [5.41, 5.74) is 3.65. The van der Waals surface area contributed by atoms with Crippen LogP contribution in [0.15, 0.2) is 193 Å². The van der Waals surface area contributed by atoms with E-state index >= 15 is 4.79 Å². The standard InChI is InChI=1S/C47H41N2O4PS/c50-41(31-34-19-7-1-8-20-34)48-42-45(51)49-43(47(52)53-44(35-21-9-2-10-22-35)36-23-11-3-12-24-36)37(33-55-46(42)49)32-54(38-25-13-4-14-26-38,39-27-15-5-16-28-39)40-29-17-6-18-30-40/h1-30,42,44,46,54H,31-33H2,(H,48,50)/t42-,46-/m1/s1. The number of carbonyl (C=O) groups excluding carboxylic acids is 3. The molecule has 1 N–H and O–H groups in total. The van der Waals surface area contributed by atoms with Gasteiger partial charge in [-0.05, 0) is 0 Å². The van der Waals surface area contributed by atoms with Gasteiger partial charge in [-0.25, -0.2) is 0 Å². The first-order chi connectivity index (χ1) is 27.0. The molecule has 274 valence electrons.